The van der Waals surface area contributed by atoms with Crippen LogP contribution in [-0.2, 0) is 4.79 Å². The van der Waals surface area contributed by atoms with Gasteiger partial charge in [-0.15, -0.1) is 5.10 Å². The fraction of sp³-hybridized carbons (Fsp3) is 0.227. The summed E-state index contributed by atoms with van der Waals surface area (Å²) in [6.45, 7) is 4.01. The summed E-state index contributed by atoms with van der Waals surface area (Å²) in [5, 5.41) is 12.3. The van der Waals surface area contributed by atoms with Crippen molar-refractivity contribution in [3.05, 3.63) is 76.5 Å². The van der Waals surface area contributed by atoms with Gasteiger partial charge in [0, 0.05) is 22.2 Å². The minimum atomic E-state index is -0.411. The Hall–Kier alpha value is -2.77. The number of para-hydroxylation sites is 1. The van der Waals surface area contributed by atoms with Crippen LogP contribution in [0.2, 0.25) is 5.02 Å². The average molecular weight is 440 g/mol. The first-order valence-corrected chi connectivity index (χ1v) is 11.1. The van der Waals surface area contributed by atoms with Gasteiger partial charge in [0.05, 0.1) is 5.57 Å². The molecule has 0 saturated carbocycles. The minimum Gasteiger partial charge on any atom is -0.328 e. The lowest BCUT2D eigenvalue weighted by atomic mass is 9.95. The Morgan fingerprint density at radius 3 is 2.63 bits per heavy atom. The molecule has 154 valence electrons. The number of carbonyl (C=O) groups excluding carboxylic acids is 1. The van der Waals surface area contributed by atoms with Crippen LogP contribution in [0, 0.1) is 0 Å². The number of hydrogen-bond acceptors (Lipinski definition) is 5. The maximum atomic E-state index is 13.3. The first-order chi connectivity index (χ1) is 14.6. The van der Waals surface area contributed by atoms with E-state index in [1.54, 1.807) is 16.4 Å². The molecular formula is C22H22ClN5OS. The quantitative estimate of drug-likeness (QED) is 0.506. The third kappa shape index (κ3) is 4.22. The van der Waals surface area contributed by atoms with E-state index in [0.717, 1.165) is 29.1 Å². The van der Waals surface area contributed by atoms with E-state index in [2.05, 4.69) is 22.5 Å². The van der Waals surface area contributed by atoms with Crippen LogP contribution >= 0.6 is 23.4 Å². The van der Waals surface area contributed by atoms with E-state index in [1.165, 1.54) is 0 Å². The maximum absolute atomic E-state index is 13.3. The van der Waals surface area contributed by atoms with Gasteiger partial charge < -0.3 is 10.6 Å². The van der Waals surface area contributed by atoms with Crippen molar-refractivity contribution in [2.24, 2.45) is 0 Å². The number of amides is 1. The molecule has 6 nitrogen and oxygen atoms in total. The van der Waals surface area contributed by atoms with Crippen LogP contribution in [0.3, 0.4) is 0 Å². The summed E-state index contributed by atoms with van der Waals surface area (Å²) in [5.41, 5.74) is 2.99. The third-order valence-electron chi connectivity index (χ3n) is 4.73. The normalized spacial score (nSPS) is 15.5. The third-order valence-corrected chi connectivity index (χ3v) is 6.03. The Labute approximate surface area is 184 Å². The fourth-order valence-corrected chi connectivity index (χ4v) is 4.16. The van der Waals surface area contributed by atoms with Crippen LogP contribution in [0.5, 0.6) is 0 Å². The van der Waals surface area contributed by atoms with Crippen molar-refractivity contribution in [3.8, 4) is 0 Å². The molecule has 1 aromatic heterocycles. The number of aromatic nitrogens is 3. The van der Waals surface area contributed by atoms with Gasteiger partial charge in [0.1, 0.15) is 6.04 Å². The molecule has 4 rings (SSSR count). The van der Waals surface area contributed by atoms with Crippen LogP contribution < -0.4 is 10.6 Å². The number of halogens is 1. The van der Waals surface area contributed by atoms with Crippen LogP contribution in [0.1, 0.15) is 31.9 Å². The number of carbonyl (C=O) groups is 1. The Bertz CT molecular complexity index is 1080. The van der Waals surface area contributed by atoms with Gasteiger partial charge in [0.25, 0.3) is 5.91 Å². The monoisotopic (exact) mass is 439 g/mol. The van der Waals surface area contributed by atoms with Crippen molar-refractivity contribution in [2.75, 3.05) is 16.4 Å². The molecule has 0 fully saturated rings. The molecule has 0 saturated heterocycles. The molecule has 8 heteroatoms. The van der Waals surface area contributed by atoms with Crippen molar-refractivity contribution in [2.45, 2.75) is 31.5 Å². The van der Waals surface area contributed by atoms with Gasteiger partial charge in [-0.1, -0.05) is 60.6 Å². The lowest BCUT2D eigenvalue weighted by Crippen LogP contribution is -2.31. The SMILES string of the molecule is CCCSc1nc2n(n1)C(c1ccc(Cl)cc1)C(C(=O)Nc1ccccc1)=C(C)N2. The zero-order valence-electron chi connectivity index (χ0n) is 16.7. The molecule has 0 radical (unpaired) electrons. The zero-order valence-corrected chi connectivity index (χ0v) is 18.3. The molecule has 0 spiro atoms. The number of allylic oxidation sites excluding steroid dienone is 1. The standard InChI is InChI=1S/C22H22ClN5OS/c1-3-13-30-22-26-21-24-14(2)18(20(29)25-17-7-5-4-6-8-17)19(28(21)27-22)15-9-11-16(23)12-10-15/h4-12,19H,3,13H2,1-2H3,(H,25,29)(H,24,26,27). The van der Waals surface area contributed by atoms with Gasteiger partial charge in [-0.2, -0.15) is 4.98 Å². The van der Waals surface area contributed by atoms with Crippen LogP contribution in [0.4, 0.5) is 11.6 Å². The van der Waals surface area contributed by atoms with E-state index < -0.39 is 6.04 Å². The molecule has 0 aliphatic carbocycles. The predicted octanol–water partition coefficient (Wildman–Crippen LogP) is 5.36. The molecule has 2 heterocycles. The highest BCUT2D eigenvalue weighted by Gasteiger charge is 2.34. The van der Waals surface area contributed by atoms with Gasteiger partial charge in [-0.05, 0) is 43.2 Å². The first kappa shape index (κ1) is 20.5. The van der Waals surface area contributed by atoms with E-state index in [9.17, 15) is 4.79 Å². The number of hydrogen-bond donors (Lipinski definition) is 2. The van der Waals surface area contributed by atoms with E-state index >= 15 is 0 Å². The van der Waals surface area contributed by atoms with Crippen LogP contribution in [0.15, 0.2) is 71.0 Å². The Balaban J connectivity index is 1.75. The highest BCUT2D eigenvalue weighted by molar-refractivity contribution is 7.99. The molecular weight excluding hydrogens is 418 g/mol. The highest BCUT2D eigenvalue weighted by Crippen LogP contribution is 2.37. The van der Waals surface area contributed by atoms with Gasteiger partial charge in [0.15, 0.2) is 0 Å². The summed E-state index contributed by atoms with van der Waals surface area (Å²) in [6, 6.07) is 16.5. The van der Waals surface area contributed by atoms with Crippen molar-refractivity contribution >= 4 is 40.9 Å². The molecule has 3 aromatic rings. The fourth-order valence-electron chi connectivity index (χ4n) is 3.35. The number of nitrogens with one attached hydrogen (secondary N) is 2. The number of benzene rings is 2. The number of thioether (sulfide) groups is 1. The molecule has 1 aliphatic heterocycles. The minimum absolute atomic E-state index is 0.185. The van der Waals surface area contributed by atoms with Crippen molar-refractivity contribution in [3.63, 3.8) is 0 Å². The zero-order chi connectivity index (χ0) is 21.1. The van der Waals surface area contributed by atoms with E-state index in [-0.39, 0.29) is 5.91 Å². The second-order valence-electron chi connectivity index (χ2n) is 6.95. The van der Waals surface area contributed by atoms with Crippen molar-refractivity contribution in [1.82, 2.24) is 14.8 Å². The van der Waals surface area contributed by atoms with E-state index in [4.69, 9.17) is 16.7 Å². The molecule has 1 amide bonds. The van der Waals surface area contributed by atoms with E-state index in [1.807, 2.05) is 61.5 Å². The van der Waals surface area contributed by atoms with Gasteiger partial charge in [-0.3, -0.25) is 4.79 Å². The summed E-state index contributed by atoms with van der Waals surface area (Å²) in [4.78, 5) is 17.9. The van der Waals surface area contributed by atoms with Crippen LogP contribution in [0.25, 0.3) is 0 Å². The smallest absolute Gasteiger partial charge is 0.255 e. The lowest BCUT2D eigenvalue weighted by Gasteiger charge is -2.28. The summed E-state index contributed by atoms with van der Waals surface area (Å²) >= 11 is 7.71. The Kier molecular flexibility index (Phi) is 6.11. The van der Waals surface area contributed by atoms with Gasteiger partial charge in [-0.25, -0.2) is 4.68 Å². The van der Waals surface area contributed by atoms with Crippen LogP contribution in [-0.4, -0.2) is 26.4 Å². The summed E-state index contributed by atoms with van der Waals surface area (Å²) < 4.78 is 1.79. The molecule has 1 aliphatic rings. The van der Waals surface area contributed by atoms with Gasteiger partial charge >= 0.3 is 0 Å². The lowest BCUT2D eigenvalue weighted by molar-refractivity contribution is -0.113. The first-order valence-electron chi connectivity index (χ1n) is 9.76. The number of nitrogens with zero attached hydrogens (tertiary/aromatic N) is 3. The van der Waals surface area contributed by atoms with Crippen molar-refractivity contribution < 1.29 is 4.79 Å². The number of anilines is 2. The predicted molar refractivity (Wildman–Crippen MR) is 122 cm³/mol. The molecule has 2 aromatic carbocycles. The molecule has 1 unspecified atom stereocenters. The summed E-state index contributed by atoms with van der Waals surface area (Å²) in [7, 11) is 0. The number of fused-ring (bicyclic) bond motifs is 1. The highest BCUT2D eigenvalue weighted by atomic mass is 35.5. The molecule has 30 heavy (non-hydrogen) atoms. The Morgan fingerprint density at radius 1 is 1.20 bits per heavy atom. The molecule has 2 N–H and O–H groups in total. The summed E-state index contributed by atoms with van der Waals surface area (Å²) in [5.74, 6) is 1.38. The van der Waals surface area contributed by atoms with Crippen molar-refractivity contribution in [1.29, 1.82) is 0 Å². The Morgan fingerprint density at radius 2 is 1.93 bits per heavy atom. The van der Waals surface area contributed by atoms with Gasteiger partial charge in [0.2, 0.25) is 11.1 Å². The van der Waals surface area contributed by atoms with E-state index in [0.29, 0.717) is 21.7 Å². The second kappa shape index (κ2) is 8.93. The topological polar surface area (TPSA) is 71.8 Å². The largest absolute Gasteiger partial charge is 0.328 e. The average Bonchev–Trinajstić information content (AvgIpc) is 3.15. The molecule has 0 bridgehead atoms. The second-order valence-corrected chi connectivity index (χ2v) is 8.45. The molecule has 1 atom stereocenters. The number of rotatable bonds is 6. The summed E-state index contributed by atoms with van der Waals surface area (Å²) in [6.07, 6.45) is 1.03. The maximum Gasteiger partial charge on any atom is 0.255 e.